The molecule has 0 saturated carbocycles. The Morgan fingerprint density at radius 3 is 2.06 bits per heavy atom. The zero-order valence-corrected chi connectivity index (χ0v) is 28.5. The molecule has 1 fully saturated rings. The van der Waals surface area contributed by atoms with Crippen molar-refractivity contribution >= 4 is 35.4 Å². The van der Waals surface area contributed by atoms with Gasteiger partial charge in [-0.3, -0.25) is 24.1 Å². The van der Waals surface area contributed by atoms with Crippen molar-refractivity contribution in [3.05, 3.63) is 102 Å². The number of hydrogen-bond acceptors (Lipinski definition) is 7. The number of aryl methyl sites for hydroxylation is 1. The Labute approximate surface area is 283 Å². The lowest BCUT2D eigenvalue weighted by molar-refractivity contribution is -0.613. The predicted molar refractivity (Wildman–Crippen MR) is 188 cm³/mol. The molecular weight excluding hydrogens is 614 g/mol. The summed E-state index contributed by atoms with van der Waals surface area (Å²) in [6.45, 7) is 4.31. The number of likely N-dealkylation sites (tertiary alicyclic amines) is 1. The van der Waals surface area contributed by atoms with Gasteiger partial charge in [-0.1, -0.05) is 79.8 Å². The fourth-order valence-corrected chi connectivity index (χ4v) is 5.34. The van der Waals surface area contributed by atoms with Crippen molar-refractivity contribution in [3.8, 4) is 0 Å². The lowest BCUT2D eigenvalue weighted by atomic mass is 10.2. The molecule has 11 heteroatoms. The predicted octanol–water partition coefficient (Wildman–Crippen LogP) is 5.21. The number of allylic oxidation sites excluding steroid dienone is 12. The van der Waals surface area contributed by atoms with Gasteiger partial charge in [0.1, 0.15) is 0 Å². The van der Waals surface area contributed by atoms with Crippen LogP contribution in [0.2, 0.25) is 0 Å². The number of nitrogens with one attached hydrogen (secondary N) is 2. The van der Waals surface area contributed by atoms with E-state index < -0.39 is 11.2 Å². The summed E-state index contributed by atoms with van der Waals surface area (Å²) in [5.41, 5.74) is 0.389. The Morgan fingerprint density at radius 2 is 1.49 bits per heavy atom. The van der Waals surface area contributed by atoms with E-state index in [1.807, 2.05) is 12.2 Å². The van der Waals surface area contributed by atoms with Crippen molar-refractivity contribution in [3.63, 3.8) is 0 Å². The summed E-state index contributed by atoms with van der Waals surface area (Å²) in [6, 6.07) is 0. The second kappa shape index (κ2) is 24.0. The first-order valence-corrected chi connectivity index (χ1v) is 17.3. The minimum Gasteiger partial charge on any atom is -0.618 e. The third-order valence-electron chi connectivity index (χ3n) is 6.91. The van der Waals surface area contributed by atoms with Crippen LogP contribution in [-0.4, -0.2) is 64.1 Å². The zero-order valence-electron chi connectivity index (χ0n) is 27.6. The number of imide groups is 1. The van der Waals surface area contributed by atoms with Crippen molar-refractivity contribution in [2.45, 2.75) is 76.9 Å². The van der Waals surface area contributed by atoms with Crippen molar-refractivity contribution in [2.75, 3.05) is 25.4 Å². The maximum Gasteiger partial charge on any atom is 0.276 e. The average molecular weight is 664 g/mol. The maximum atomic E-state index is 12.7. The second-order valence-corrected chi connectivity index (χ2v) is 12.1. The summed E-state index contributed by atoms with van der Waals surface area (Å²) in [5, 5.41) is 16.5. The lowest BCUT2D eigenvalue weighted by Crippen LogP contribution is -2.39. The Bertz CT molecular complexity index is 1330. The van der Waals surface area contributed by atoms with Crippen LogP contribution in [0, 0.1) is 12.1 Å². The molecule has 1 atom stereocenters. The van der Waals surface area contributed by atoms with Crippen LogP contribution in [0.5, 0.6) is 0 Å². The highest BCUT2D eigenvalue weighted by atomic mass is 32.2. The van der Waals surface area contributed by atoms with Crippen LogP contribution in [0.15, 0.2) is 85.3 Å². The molecule has 2 N–H and O–H groups in total. The summed E-state index contributed by atoms with van der Waals surface area (Å²) >= 11 is 1.29. The molecule has 1 saturated heterocycles. The molecule has 2 heterocycles. The van der Waals surface area contributed by atoms with Crippen LogP contribution in [0.25, 0.3) is 0 Å². The first-order chi connectivity index (χ1) is 22.8. The topological polar surface area (TPSA) is 135 Å². The van der Waals surface area contributed by atoms with Gasteiger partial charge in [0, 0.05) is 45.2 Å². The fourth-order valence-electron chi connectivity index (χ4n) is 4.31. The fraction of sp³-hybridized carbons (Fsp3) is 0.444. The van der Waals surface area contributed by atoms with Gasteiger partial charge >= 0.3 is 0 Å². The SMILES string of the molecule is CC/C=C\C/C=C\C/C=C\C/C=C\C/C=C\C/C=C\CCC(=O)NCCN1C(=O)CC(SCCNC(=O)c2c[n+]([O-])c(C)cn2)C1=O. The number of rotatable bonds is 22. The molecule has 1 aliphatic rings. The van der Waals surface area contributed by atoms with E-state index in [2.05, 4.69) is 83.3 Å². The second-order valence-electron chi connectivity index (χ2n) is 10.7. The molecule has 2 rings (SSSR count). The van der Waals surface area contributed by atoms with Crippen LogP contribution >= 0.6 is 11.8 Å². The van der Waals surface area contributed by atoms with Crippen LogP contribution in [0.1, 0.15) is 80.9 Å². The molecule has 254 valence electrons. The standard InChI is InChI=1S/C36H49N5O5S/c1-3-4-5-6-7-8-9-10-11-12-13-14-15-16-17-18-19-20-21-22-33(42)37-23-25-40-34(43)27-32(36(40)45)47-26-24-38-35(44)31-29-41(46)30(2)28-39-31/h4-5,7-8,10-11,13-14,16-17,19-20,28-29,32H,3,6,9,12,15,18,21-27H2,1-2H3,(H,37,42)(H,38,44)/b5-4-,8-7-,11-10-,14-13-,17-16-,20-19-. The Hall–Kier alpha value is -4.25. The molecule has 1 aromatic heterocycles. The molecule has 0 aromatic carbocycles. The summed E-state index contributed by atoms with van der Waals surface area (Å²) in [7, 11) is 0. The number of amides is 4. The normalized spacial score (nSPS) is 15.6. The molecule has 47 heavy (non-hydrogen) atoms. The van der Waals surface area contributed by atoms with Crippen molar-refractivity contribution in [1.82, 2.24) is 20.5 Å². The molecule has 1 aliphatic heterocycles. The van der Waals surface area contributed by atoms with Gasteiger partial charge in [0.2, 0.25) is 29.6 Å². The minimum absolute atomic E-state index is 0.00769. The molecule has 1 aromatic rings. The van der Waals surface area contributed by atoms with E-state index >= 15 is 0 Å². The Morgan fingerprint density at radius 1 is 0.915 bits per heavy atom. The number of hydrogen-bond donors (Lipinski definition) is 2. The first-order valence-electron chi connectivity index (χ1n) is 16.3. The van der Waals surface area contributed by atoms with E-state index in [4.69, 9.17) is 0 Å². The van der Waals surface area contributed by atoms with Crippen molar-refractivity contribution in [2.24, 2.45) is 0 Å². The molecular formula is C36H49N5O5S. The highest BCUT2D eigenvalue weighted by molar-refractivity contribution is 8.00. The van der Waals surface area contributed by atoms with E-state index in [1.165, 1.54) is 22.9 Å². The molecule has 0 bridgehead atoms. The summed E-state index contributed by atoms with van der Waals surface area (Å²) < 4.78 is 0.573. The number of thioether (sulfide) groups is 1. The van der Waals surface area contributed by atoms with Gasteiger partial charge in [-0.15, -0.1) is 11.8 Å². The quantitative estimate of drug-likeness (QED) is 0.0572. The summed E-state index contributed by atoms with van der Waals surface area (Å²) in [4.78, 5) is 54.5. The Balaban J connectivity index is 1.50. The van der Waals surface area contributed by atoms with Gasteiger partial charge in [0.25, 0.3) is 5.91 Å². The van der Waals surface area contributed by atoms with Gasteiger partial charge in [-0.25, -0.2) is 4.98 Å². The molecule has 4 amide bonds. The molecule has 1 unspecified atom stereocenters. The highest BCUT2D eigenvalue weighted by Gasteiger charge is 2.38. The van der Waals surface area contributed by atoms with E-state index in [0.717, 1.165) is 44.7 Å². The van der Waals surface area contributed by atoms with E-state index in [9.17, 15) is 24.4 Å². The molecule has 0 aliphatic carbocycles. The van der Waals surface area contributed by atoms with Crippen LogP contribution in [-0.2, 0) is 14.4 Å². The third-order valence-corrected chi connectivity index (χ3v) is 8.12. The van der Waals surface area contributed by atoms with Crippen LogP contribution < -0.4 is 15.4 Å². The van der Waals surface area contributed by atoms with Crippen LogP contribution in [0.4, 0.5) is 0 Å². The number of carbonyl (C=O) groups excluding carboxylic acids is 4. The van der Waals surface area contributed by atoms with Crippen molar-refractivity contribution < 1.29 is 23.9 Å². The number of aromatic nitrogens is 2. The smallest absolute Gasteiger partial charge is 0.276 e. The van der Waals surface area contributed by atoms with Gasteiger partial charge in [0.15, 0.2) is 5.69 Å². The lowest BCUT2D eigenvalue weighted by Gasteiger charge is -2.15. The van der Waals surface area contributed by atoms with Crippen molar-refractivity contribution in [1.29, 1.82) is 0 Å². The third kappa shape index (κ3) is 16.8. The minimum atomic E-state index is -0.524. The molecule has 10 nitrogen and oxygen atoms in total. The number of carbonyl (C=O) groups is 4. The Kier molecular flexibility index (Phi) is 19.9. The monoisotopic (exact) mass is 663 g/mol. The summed E-state index contributed by atoms with van der Waals surface area (Å²) in [5.74, 6) is -0.755. The van der Waals surface area contributed by atoms with Gasteiger partial charge in [0.05, 0.1) is 11.4 Å². The highest BCUT2D eigenvalue weighted by Crippen LogP contribution is 2.24. The largest absolute Gasteiger partial charge is 0.618 e. The zero-order chi connectivity index (χ0) is 34.1. The average Bonchev–Trinajstić information content (AvgIpc) is 3.32. The van der Waals surface area contributed by atoms with E-state index in [1.54, 1.807) is 6.92 Å². The van der Waals surface area contributed by atoms with Gasteiger partial charge < -0.3 is 15.8 Å². The number of nitrogens with zero attached hydrogens (tertiary/aromatic N) is 3. The summed E-state index contributed by atoms with van der Waals surface area (Å²) in [6.07, 6.45) is 34.8. The van der Waals surface area contributed by atoms with Gasteiger partial charge in [-0.05, 0) is 44.9 Å². The van der Waals surface area contributed by atoms with Gasteiger partial charge in [-0.2, -0.15) is 4.73 Å². The first kappa shape index (κ1) is 38.9. The molecule has 0 radical (unpaired) electrons. The molecule has 0 spiro atoms. The maximum absolute atomic E-state index is 12.7. The van der Waals surface area contributed by atoms with E-state index in [-0.39, 0.29) is 49.5 Å². The van der Waals surface area contributed by atoms with Crippen LogP contribution in [0.3, 0.4) is 0 Å². The van der Waals surface area contributed by atoms with E-state index in [0.29, 0.717) is 29.0 Å².